The fraction of sp³-hybridized carbons (Fsp3) is 0.318. The Balaban J connectivity index is 1.30. The molecule has 0 saturated carbocycles. The molecule has 1 saturated heterocycles. The molecule has 0 bridgehead atoms. The number of piperidine rings is 1. The third-order valence-electron chi connectivity index (χ3n) is 5.29. The Morgan fingerprint density at radius 2 is 1.81 bits per heavy atom. The lowest BCUT2D eigenvalue weighted by molar-refractivity contribution is -0.116. The molecule has 1 N–H and O–H groups in total. The van der Waals surface area contributed by atoms with Crippen LogP contribution in [0.5, 0.6) is 0 Å². The zero-order valence-electron chi connectivity index (χ0n) is 17.1. The van der Waals surface area contributed by atoms with Crippen LogP contribution < -0.4 is 5.32 Å². The third kappa shape index (κ3) is 5.18. The van der Waals surface area contributed by atoms with Crippen molar-refractivity contribution in [2.45, 2.75) is 37.0 Å². The molecule has 2 aromatic heterocycles. The Morgan fingerprint density at radius 1 is 1.03 bits per heavy atom. The van der Waals surface area contributed by atoms with Gasteiger partial charge in [0, 0.05) is 31.9 Å². The molecule has 1 aliphatic rings. The summed E-state index contributed by atoms with van der Waals surface area (Å²) in [6.07, 6.45) is 8.78. The third-order valence-corrected chi connectivity index (χ3v) is 7.20. The smallest absolute Gasteiger partial charge is 0.243 e. The van der Waals surface area contributed by atoms with Gasteiger partial charge in [0.05, 0.1) is 16.8 Å². The first-order valence-corrected chi connectivity index (χ1v) is 11.8. The maximum absolute atomic E-state index is 12.7. The van der Waals surface area contributed by atoms with Crippen LogP contribution in [0, 0.1) is 0 Å². The number of nitrogens with zero attached hydrogens (tertiary/aromatic N) is 4. The van der Waals surface area contributed by atoms with Crippen molar-refractivity contribution in [2.75, 3.05) is 18.4 Å². The van der Waals surface area contributed by atoms with Gasteiger partial charge in [-0.25, -0.2) is 18.1 Å². The fourth-order valence-corrected chi connectivity index (χ4v) is 5.08. The molecule has 1 amide bonds. The standard InChI is InChI=1S/C22H25N5O3S/c28-22(25-19-8-11-21(23-17-19)27-16-4-13-24-27)12-7-18-5-9-20(10-6-18)31(29,30)26-14-2-1-3-15-26/h4-6,8-11,13,16-17H,1-3,7,12,14-15H2,(H,25,28). The van der Waals surface area contributed by atoms with Crippen molar-refractivity contribution in [3.8, 4) is 5.82 Å². The molecule has 4 rings (SSSR count). The molecule has 3 heterocycles. The van der Waals surface area contributed by atoms with Gasteiger partial charge in [0.2, 0.25) is 15.9 Å². The first-order chi connectivity index (χ1) is 15.0. The SMILES string of the molecule is O=C(CCc1ccc(S(=O)(=O)N2CCCCC2)cc1)Nc1ccc(-n2cccn2)nc1. The van der Waals surface area contributed by atoms with Gasteiger partial charge in [0.15, 0.2) is 5.82 Å². The van der Waals surface area contributed by atoms with Gasteiger partial charge in [-0.3, -0.25) is 4.79 Å². The molecule has 1 aliphatic heterocycles. The lowest BCUT2D eigenvalue weighted by Crippen LogP contribution is -2.35. The minimum Gasteiger partial charge on any atom is -0.325 e. The highest BCUT2D eigenvalue weighted by molar-refractivity contribution is 7.89. The molecule has 0 unspecified atom stereocenters. The lowest BCUT2D eigenvalue weighted by atomic mass is 10.1. The maximum Gasteiger partial charge on any atom is 0.243 e. The van der Waals surface area contributed by atoms with Crippen molar-refractivity contribution in [2.24, 2.45) is 0 Å². The minimum atomic E-state index is -3.43. The zero-order valence-corrected chi connectivity index (χ0v) is 18.0. The summed E-state index contributed by atoms with van der Waals surface area (Å²) in [5.41, 5.74) is 1.53. The van der Waals surface area contributed by atoms with Gasteiger partial charge in [-0.05, 0) is 55.2 Å². The topological polar surface area (TPSA) is 97.2 Å². The van der Waals surface area contributed by atoms with E-state index < -0.39 is 10.0 Å². The predicted octanol–water partition coefficient (Wildman–Crippen LogP) is 3.01. The van der Waals surface area contributed by atoms with Gasteiger partial charge >= 0.3 is 0 Å². The van der Waals surface area contributed by atoms with Crippen LogP contribution in [0.3, 0.4) is 0 Å². The summed E-state index contributed by atoms with van der Waals surface area (Å²) >= 11 is 0. The zero-order chi connectivity index (χ0) is 21.7. The lowest BCUT2D eigenvalue weighted by Gasteiger charge is -2.25. The van der Waals surface area contributed by atoms with E-state index in [1.807, 2.05) is 6.07 Å². The minimum absolute atomic E-state index is 0.126. The molecule has 162 valence electrons. The average molecular weight is 440 g/mol. The van der Waals surface area contributed by atoms with Crippen LogP contribution in [-0.4, -0.2) is 46.5 Å². The number of hydrogen-bond donors (Lipinski definition) is 1. The van der Waals surface area contributed by atoms with Crippen LogP contribution in [-0.2, 0) is 21.2 Å². The van der Waals surface area contributed by atoms with Crippen molar-refractivity contribution in [3.05, 3.63) is 66.6 Å². The van der Waals surface area contributed by atoms with E-state index >= 15 is 0 Å². The quantitative estimate of drug-likeness (QED) is 0.610. The van der Waals surface area contributed by atoms with E-state index in [0.717, 1.165) is 24.8 Å². The van der Waals surface area contributed by atoms with Gasteiger partial charge in [0.1, 0.15) is 0 Å². The molecule has 3 aromatic rings. The number of hydrogen-bond acceptors (Lipinski definition) is 5. The normalized spacial score (nSPS) is 15.0. The fourth-order valence-electron chi connectivity index (χ4n) is 3.56. The van der Waals surface area contributed by atoms with Gasteiger partial charge in [0.25, 0.3) is 0 Å². The summed E-state index contributed by atoms with van der Waals surface area (Å²) in [5, 5.41) is 6.94. The van der Waals surface area contributed by atoms with Gasteiger partial charge in [-0.2, -0.15) is 9.40 Å². The summed E-state index contributed by atoms with van der Waals surface area (Å²) in [4.78, 5) is 16.9. The number of benzene rings is 1. The molecular weight excluding hydrogens is 414 g/mol. The average Bonchev–Trinajstić information content (AvgIpc) is 3.34. The van der Waals surface area contributed by atoms with E-state index in [-0.39, 0.29) is 5.91 Å². The van der Waals surface area contributed by atoms with Crippen molar-refractivity contribution in [1.29, 1.82) is 0 Å². The van der Waals surface area contributed by atoms with Gasteiger partial charge in [-0.15, -0.1) is 0 Å². The van der Waals surface area contributed by atoms with Gasteiger partial charge < -0.3 is 5.32 Å². The Kier molecular flexibility index (Phi) is 6.43. The van der Waals surface area contributed by atoms with Crippen LogP contribution in [0.15, 0.2) is 66.0 Å². The van der Waals surface area contributed by atoms with Crippen LogP contribution in [0.25, 0.3) is 5.82 Å². The Bertz CT molecular complexity index is 1100. The highest BCUT2D eigenvalue weighted by Gasteiger charge is 2.25. The van der Waals surface area contributed by atoms with Crippen LogP contribution in [0.4, 0.5) is 5.69 Å². The molecule has 1 aromatic carbocycles. The van der Waals surface area contributed by atoms with Crippen molar-refractivity contribution in [3.63, 3.8) is 0 Å². The first-order valence-electron chi connectivity index (χ1n) is 10.4. The number of anilines is 1. The number of amides is 1. The molecule has 0 aliphatic carbocycles. The number of pyridine rings is 1. The summed E-state index contributed by atoms with van der Waals surface area (Å²) in [7, 11) is -3.43. The van der Waals surface area contributed by atoms with Crippen LogP contribution >= 0.6 is 0 Å². The number of carbonyl (C=O) groups is 1. The largest absolute Gasteiger partial charge is 0.325 e. The molecule has 0 spiro atoms. The van der Waals surface area contributed by atoms with E-state index in [4.69, 9.17) is 0 Å². The molecule has 31 heavy (non-hydrogen) atoms. The van der Waals surface area contributed by atoms with E-state index in [9.17, 15) is 13.2 Å². The van der Waals surface area contributed by atoms with Crippen LogP contribution in [0.2, 0.25) is 0 Å². The van der Waals surface area contributed by atoms with E-state index in [1.54, 1.807) is 64.0 Å². The number of sulfonamides is 1. The Morgan fingerprint density at radius 3 is 2.45 bits per heavy atom. The summed E-state index contributed by atoms with van der Waals surface area (Å²) in [6.45, 7) is 1.17. The van der Waals surface area contributed by atoms with Crippen molar-refractivity contribution < 1.29 is 13.2 Å². The maximum atomic E-state index is 12.7. The highest BCUT2D eigenvalue weighted by Crippen LogP contribution is 2.21. The first kappa shape index (κ1) is 21.2. The summed E-state index contributed by atoms with van der Waals surface area (Å²) < 4.78 is 28.6. The molecule has 1 fully saturated rings. The second kappa shape index (κ2) is 9.40. The van der Waals surface area contributed by atoms with E-state index in [1.165, 1.54) is 0 Å². The van der Waals surface area contributed by atoms with E-state index in [0.29, 0.717) is 42.3 Å². The molecule has 8 nitrogen and oxygen atoms in total. The molecule has 0 atom stereocenters. The number of rotatable bonds is 7. The Labute approximate surface area is 182 Å². The van der Waals surface area contributed by atoms with Crippen molar-refractivity contribution in [1.82, 2.24) is 19.1 Å². The van der Waals surface area contributed by atoms with Crippen molar-refractivity contribution >= 4 is 21.6 Å². The molecule has 0 radical (unpaired) electrons. The van der Waals surface area contributed by atoms with E-state index in [2.05, 4.69) is 15.4 Å². The second-order valence-electron chi connectivity index (χ2n) is 7.51. The number of aromatic nitrogens is 3. The number of aryl methyl sites for hydroxylation is 1. The molecule has 9 heteroatoms. The predicted molar refractivity (Wildman–Crippen MR) is 117 cm³/mol. The summed E-state index contributed by atoms with van der Waals surface area (Å²) in [6, 6.07) is 12.2. The monoisotopic (exact) mass is 439 g/mol. The number of nitrogens with one attached hydrogen (secondary N) is 1. The number of carbonyl (C=O) groups excluding carboxylic acids is 1. The van der Waals surface area contributed by atoms with Crippen LogP contribution in [0.1, 0.15) is 31.2 Å². The van der Waals surface area contributed by atoms with Gasteiger partial charge in [-0.1, -0.05) is 18.6 Å². The summed E-state index contributed by atoms with van der Waals surface area (Å²) in [5.74, 6) is 0.543. The second-order valence-corrected chi connectivity index (χ2v) is 9.45. The highest BCUT2D eigenvalue weighted by atomic mass is 32.2. The molecular formula is C22H25N5O3S. The Hall–Kier alpha value is -3.04.